The second-order valence-electron chi connectivity index (χ2n) is 5.66. The Morgan fingerprint density at radius 1 is 1.16 bits per heavy atom. The van der Waals surface area contributed by atoms with E-state index in [-0.39, 0.29) is 11.9 Å². The first-order valence-electron chi connectivity index (χ1n) is 8.05. The van der Waals surface area contributed by atoms with Crippen LogP contribution in [0, 0.1) is 0 Å². The number of aromatic nitrogens is 2. The van der Waals surface area contributed by atoms with E-state index in [9.17, 15) is 9.59 Å². The van der Waals surface area contributed by atoms with Crippen LogP contribution >= 0.6 is 11.3 Å². The molecule has 0 aliphatic carbocycles. The number of pyridine rings is 1. The molecule has 9 heteroatoms. The van der Waals surface area contributed by atoms with Gasteiger partial charge >= 0.3 is 6.03 Å². The fourth-order valence-corrected chi connectivity index (χ4v) is 3.05. The number of hydrogen-bond donors (Lipinski definition) is 2. The molecule has 25 heavy (non-hydrogen) atoms. The predicted molar refractivity (Wildman–Crippen MR) is 96.8 cm³/mol. The molecule has 1 atom stereocenters. The summed E-state index contributed by atoms with van der Waals surface area (Å²) >= 11 is 1.34. The van der Waals surface area contributed by atoms with Crippen molar-refractivity contribution in [1.82, 2.24) is 20.2 Å². The lowest BCUT2D eigenvalue weighted by Gasteiger charge is -2.35. The Morgan fingerprint density at radius 2 is 1.96 bits per heavy atom. The van der Waals surface area contributed by atoms with Gasteiger partial charge in [-0.25, -0.2) is 14.8 Å². The monoisotopic (exact) mass is 360 g/mol. The van der Waals surface area contributed by atoms with Crippen molar-refractivity contribution in [3.63, 3.8) is 0 Å². The molecule has 1 aliphatic rings. The van der Waals surface area contributed by atoms with Gasteiger partial charge in [-0.2, -0.15) is 0 Å². The summed E-state index contributed by atoms with van der Waals surface area (Å²) in [6.07, 6.45) is 3.38. The molecular weight excluding hydrogens is 340 g/mol. The molecule has 132 valence electrons. The first kappa shape index (κ1) is 17.2. The standard InChI is InChI=1S/C16H20N6O2S/c1-12(14(23)20-15-18-6-11-25-15)19-16(24)22-9-7-21(8-10-22)13-4-2-3-5-17-13/h2-6,11-12H,7-10H2,1H3,(H,19,24)(H,18,20,23)/t12-/m1/s1. The van der Waals surface area contributed by atoms with Gasteiger partial charge in [0.05, 0.1) is 0 Å². The second-order valence-corrected chi connectivity index (χ2v) is 6.55. The van der Waals surface area contributed by atoms with Gasteiger partial charge in [-0.3, -0.25) is 4.79 Å². The number of nitrogens with one attached hydrogen (secondary N) is 2. The maximum Gasteiger partial charge on any atom is 0.318 e. The van der Waals surface area contributed by atoms with Gasteiger partial charge in [-0.1, -0.05) is 6.07 Å². The average Bonchev–Trinajstić information content (AvgIpc) is 3.15. The third-order valence-electron chi connectivity index (χ3n) is 3.94. The smallest absolute Gasteiger partial charge is 0.318 e. The van der Waals surface area contributed by atoms with Gasteiger partial charge in [-0.15, -0.1) is 11.3 Å². The Hall–Kier alpha value is -2.68. The van der Waals surface area contributed by atoms with Crippen molar-refractivity contribution < 1.29 is 9.59 Å². The highest BCUT2D eigenvalue weighted by atomic mass is 32.1. The van der Waals surface area contributed by atoms with Gasteiger partial charge in [-0.05, 0) is 19.1 Å². The highest BCUT2D eigenvalue weighted by molar-refractivity contribution is 7.13. The Morgan fingerprint density at radius 3 is 2.60 bits per heavy atom. The highest BCUT2D eigenvalue weighted by Gasteiger charge is 2.24. The van der Waals surface area contributed by atoms with Crippen LogP contribution in [0.15, 0.2) is 36.0 Å². The van der Waals surface area contributed by atoms with Crippen molar-refractivity contribution >= 4 is 34.2 Å². The molecule has 3 heterocycles. The summed E-state index contributed by atoms with van der Waals surface area (Å²) in [5.41, 5.74) is 0. The van der Waals surface area contributed by atoms with Crippen LogP contribution in [0.25, 0.3) is 0 Å². The molecule has 0 aromatic carbocycles. The molecule has 0 saturated carbocycles. The number of carbonyl (C=O) groups excluding carboxylic acids is 2. The van der Waals surface area contributed by atoms with E-state index in [0.717, 1.165) is 5.82 Å². The molecule has 0 radical (unpaired) electrons. The molecule has 2 N–H and O–H groups in total. The molecule has 8 nitrogen and oxygen atoms in total. The number of carbonyl (C=O) groups is 2. The van der Waals surface area contributed by atoms with Crippen LogP contribution in [-0.2, 0) is 4.79 Å². The molecule has 3 rings (SSSR count). The number of thiazole rings is 1. The number of anilines is 2. The van der Waals surface area contributed by atoms with Crippen LogP contribution in [0.3, 0.4) is 0 Å². The molecule has 1 aliphatic heterocycles. The molecule has 3 amide bonds. The fraction of sp³-hybridized carbons (Fsp3) is 0.375. The van der Waals surface area contributed by atoms with Crippen molar-refractivity contribution in [2.45, 2.75) is 13.0 Å². The zero-order chi connectivity index (χ0) is 17.6. The first-order chi connectivity index (χ1) is 12.1. The normalized spacial score (nSPS) is 15.6. The van der Waals surface area contributed by atoms with Gasteiger partial charge < -0.3 is 20.4 Å². The lowest BCUT2D eigenvalue weighted by molar-refractivity contribution is -0.117. The summed E-state index contributed by atoms with van der Waals surface area (Å²) in [7, 11) is 0. The summed E-state index contributed by atoms with van der Waals surface area (Å²) < 4.78 is 0. The van der Waals surface area contributed by atoms with Crippen LogP contribution in [-0.4, -0.2) is 59.0 Å². The van der Waals surface area contributed by atoms with E-state index in [1.165, 1.54) is 11.3 Å². The van der Waals surface area contributed by atoms with Crippen molar-refractivity contribution in [3.8, 4) is 0 Å². The first-order valence-corrected chi connectivity index (χ1v) is 8.93. The third-order valence-corrected chi connectivity index (χ3v) is 4.62. The largest absolute Gasteiger partial charge is 0.353 e. The predicted octanol–water partition coefficient (Wildman–Crippen LogP) is 1.40. The molecular formula is C16H20N6O2S. The van der Waals surface area contributed by atoms with E-state index in [4.69, 9.17) is 0 Å². The maximum atomic E-state index is 12.3. The Kier molecular flexibility index (Phi) is 5.44. The van der Waals surface area contributed by atoms with E-state index < -0.39 is 6.04 Å². The minimum Gasteiger partial charge on any atom is -0.353 e. The SMILES string of the molecule is C[C@@H](NC(=O)N1CCN(c2ccccn2)CC1)C(=O)Nc1nccs1. The van der Waals surface area contributed by atoms with Crippen molar-refractivity contribution in [1.29, 1.82) is 0 Å². The minimum atomic E-state index is -0.634. The number of amides is 3. The number of nitrogens with zero attached hydrogens (tertiary/aromatic N) is 4. The minimum absolute atomic E-state index is 0.234. The number of hydrogen-bond acceptors (Lipinski definition) is 6. The zero-order valence-electron chi connectivity index (χ0n) is 13.9. The summed E-state index contributed by atoms with van der Waals surface area (Å²) in [6, 6.07) is 4.92. The van der Waals surface area contributed by atoms with Crippen LogP contribution in [0.4, 0.5) is 15.7 Å². The van der Waals surface area contributed by atoms with Gasteiger partial charge in [0.15, 0.2) is 5.13 Å². The van der Waals surface area contributed by atoms with E-state index >= 15 is 0 Å². The zero-order valence-corrected chi connectivity index (χ0v) is 14.7. The van der Waals surface area contributed by atoms with Crippen LogP contribution < -0.4 is 15.5 Å². The molecule has 0 unspecified atom stereocenters. The van der Waals surface area contributed by atoms with Crippen LogP contribution in [0.1, 0.15) is 6.92 Å². The van der Waals surface area contributed by atoms with Gasteiger partial charge in [0.25, 0.3) is 0 Å². The van der Waals surface area contributed by atoms with E-state index in [2.05, 4.69) is 25.5 Å². The summed E-state index contributed by atoms with van der Waals surface area (Å²) in [5, 5.41) is 7.71. The highest BCUT2D eigenvalue weighted by Crippen LogP contribution is 2.13. The molecule has 0 bridgehead atoms. The number of piperazine rings is 1. The van der Waals surface area contributed by atoms with Gasteiger partial charge in [0.2, 0.25) is 5.91 Å². The summed E-state index contributed by atoms with van der Waals surface area (Å²) in [5.74, 6) is 0.633. The molecule has 1 fully saturated rings. The number of rotatable bonds is 4. The van der Waals surface area contributed by atoms with Gasteiger partial charge in [0.1, 0.15) is 11.9 Å². The second kappa shape index (κ2) is 7.93. The lowest BCUT2D eigenvalue weighted by atomic mass is 10.3. The molecule has 1 saturated heterocycles. The molecule has 0 spiro atoms. The Balaban J connectivity index is 1.46. The van der Waals surface area contributed by atoms with Gasteiger partial charge in [0, 0.05) is 44.0 Å². The maximum absolute atomic E-state index is 12.3. The van der Waals surface area contributed by atoms with E-state index in [1.54, 1.807) is 29.6 Å². The van der Waals surface area contributed by atoms with Crippen molar-refractivity contribution in [2.24, 2.45) is 0 Å². The molecule has 2 aromatic rings. The van der Waals surface area contributed by atoms with Crippen molar-refractivity contribution in [3.05, 3.63) is 36.0 Å². The third kappa shape index (κ3) is 4.44. The molecule has 2 aromatic heterocycles. The quantitative estimate of drug-likeness (QED) is 0.860. The topological polar surface area (TPSA) is 90.5 Å². The lowest BCUT2D eigenvalue weighted by Crippen LogP contribution is -2.54. The van der Waals surface area contributed by atoms with E-state index in [1.807, 2.05) is 18.2 Å². The Labute approximate surface area is 149 Å². The van der Waals surface area contributed by atoms with Crippen LogP contribution in [0.2, 0.25) is 0 Å². The fourth-order valence-electron chi connectivity index (χ4n) is 2.52. The van der Waals surface area contributed by atoms with Crippen molar-refractivity contribution in [2.75, 3.05) is 36.4 Å². The Bertz CT molecular complexity index is 701. The average molecular weight is 360 g/mol. The van der Waals surface area contributed by atoms with E-state index in [0.29, 0.717) is 31.3 Å². The number of urea groups is 1. The summed E-state index contributed by atoms with van der Waals surface area (Å²) in [4.78, 5) is 36.6. The summed E-state index contributed by atoms with van der Waals surface area (Å²) in [6.45, 7) is 4.26. The van der Waals surface area contributed by atoms with Crippen LogP contribution in [0.5, 0.6) is 0 Å².